The molecule has 4 atom stereocenters. The smallest absolute Gasteiger partial charge is 0.255 e. The third-order valence-corrected chi connectivity index (χ3v) is 8.20. The molecule has 2 aromatic rings. The summed E-state index contributed by atoms with van der Waals surface area (Å²) in [6.45, 7) is 10.7. The van der Waals surface area contributed by atoms with Gasteiger partial charge in [0.15, 0.2) is 0 Å². The molecule has 2 bridgehead atoms. The largest absolute Gasteiger partial charge is 0.339 e. The number of benzene rings is 2. The van der Waals surface area contributed by atoms with Crippen molar-refractivity contribution in [2.45, 2.75) is 58.2 Å². The van der Waals surface area contributed by atoms with E-state index in [0.29, 0.717) is 12.1 Å². The minimum absolute atomic E-state index is 0.0621. The number of rotatable bonds is 4. The zero-order valence-electron chi connectivity index (χ0n) is 21.5. The Morgan fingerprint density at radius 3 is 2.19 bits per heavy atom. The fourth-order valence-electron chi connectivity index (χ4n) is 6.25. The molecule has 36 heavy (non-hydrogen) atoms. The zero-order valence-corrected chi connectivity index (χ0v) is 21.5. The number of nitrogens with zero attached hydrogens (tertiary/aromatic N) is 3. The second kappa shape index (κ2) is 8.29. The molecule has 3 unspecified atom stereocenters. The van der Waals surface area contributed by atoms with E-state index in [0.717, 1.165) is 11.1 Å². The van der Waals surface area contributed by atoms with Gasteiger partial charge in [0, 0.05) is 18.7 Å². The molecule has 3 fully saturated rings. The first-order chi connectivity index (χ1) is 17.0. The Balaban J connectivity index is 1.53. The van der Waals surface area contributed by atoms with Gasteiger partial charge in [0.05, 0.1) is 24.4 Å². The first-order valence-electron chi connectivity index (χ1n) is 12.6. The van der Waals surface area contributed by atoms with Gasteiger partial charge in [-0.1, -0.05) is 63.2 Å². The van der Waals surface area contributed by atoms with Crippen LogP contribution in [0, 0.1) is 11.8 Å². The molecule has 4 amide bonds. The van der Waals surface area contributed by atoms with Gasteiger partial charge >= 0.3 is 0 Å². The molecule has 0 saturated carbocycles. The number of likely N-dealkylation sites (tertiary alicyclic amines) is 2. The van der Waals surface area contributed by atoms with E-state index >= 15 is 0 Å². The van der Waals surface area contributed by atoms with E-state index < -0.39 is 23.4 Å². The lowest BCUT2D eigenvalue weighted by atomic mass is 9.81. The highest BCUT2D eigenvalue weighted by Gasteiger charge is 2.73. The van der Waals surface area contributed by atoms with Crippen LogP contribution in [0.1, 0.15) is 56.1 Å². The number of likely N-dealkylation sites (N-methyl/N-ethyl adjacent to an activating group) is 1. The van der Waals surface area contributed by atoms with E-state index in [1.54, 1.807) is 28.9 Å². The summed E-state index contributed by atoms with van der Waals surface area (Å²) < 4.78 is 0. The molecule has 5 rings (SSSR count). The summed E-state index contributed by atoms with van der Waals surface area (Å²) in [6, 6.07) is 16.2. The van der Waals surface area contributed by atoms with Crippen molar-refractivity contribution in [1.29, 1.82) is 0 Å². The number of carbonyl (C=O) groups is 4. The minimum atomic E-state index is -1.42. The van der Waals surface area contributed by atoms with Crippen LogP contribution in [0.3, 0.4) is 0 Å². The summed E-state index contributed by atoms with van der Waals surface area (Å²) in [5, 5.41) is 0. The molecule has 3 saturated heterocycles. The fraction of sp³-hybridized carbons (Fsp3) is 0.448. The third kappa shape index (κ3) is 3.39. The molecule has 3 aliphatic heterocycles. The van der Waals surface area contributed by atoms with Gasteiger partial charge in [-0.2, -0.15) is 0 Å². The molecule has 0 radical (unpaired) electrons. The first-order valence-corrected chi connectivity index (χ1v) is 12.6. The molecule has 0 N–H and O–H groups in total. The number of fused-ring (bicyclic) bond motifs is 5. The molecular formula is C29H33N3O4. The Morgan fingerprint density at radius 2 is 1.61 bits per heavy atom. The van der Waals surface area contributed by atoms with Gasteiger partial charge in [0.2, 0.25) is 17.7 Å². The fourth-order valence-corrected chi connectivity index (χ4v) is 6.25. The highest BCUT2D eigenvalue weighted by molar-refractivity contribution is 6.13. The number of carbonyl (C=O) groups excluding carboxylic acids is 4. The number of hydrogen-bond donors (Lipinski definition) is 0. The van der Waals surface area contributed by atoms with Crippen LogP contribution >= 0.6 is 0 Å². The summed E-state index contributed by atoms with van der Waals surface area (Å²) >= 11 is 0. The molecule has 0 aliphatic carbocycles. The molecule has 188 valence electrons. The molecule has 0 spiro atoms. The van der Waals surface area contributed by atoms with Gasteiger partial charge in [-0.3, -0.25) is 24.1 Å². The van der Waals surface area contributed by atoms with E-state index in [9.17, 15) is 19.2 Å². The second-order valence-corrected chi connectivity index (χ2v) is 11.3. The Labute approximate surface area is 212 Å². The summed E-state index contributed by atoms with van der Waals surface area (Å²) in [7, 11) is 0. The SMILES string of the molecule is CCN1CC2C3C(=O)N(Cc4ccccc4)C(=O)C3[C@](C)(C1=O)N2C(=O)c1ccc(C(C)(C)C)cc1. The average Bonchev–Trinajstić information content (AvgIpc) is 3.23. The third-order valence-electron chi connectivity index (χ3n) is 8.20. The van der Waals surface area contributed by atoms with E-state index in [1.807, 2.05) is 49.4 Å². The van der Waals surface area contributed by atoms with Gasteiger partial charge in [-0.05, 0) is 42.5 Å². The lowest BCUT2D eigenvalue weighted by molar-refractivity contribution is -0.155. The van der Waals surface area contributed by atoms with Crippen molar-refractivity contribution < 1.29 is 19.2 Å². The second-order valence-electron chi connectivity index (χ2n) is 11.3. The maximum atomic E-state index is 13.9. The lowest BCUT2D eigenvalue weighted by Gasteiger charge is -2.47. The van der Waals surface area contributed by atoms with E-state index in [1.165, 1.54) is 4.90 Å². The standard InChI is InChI=1S/C29H33N3O4/c1-6-30-17-21-22-23(26(35)31(25(22)34)16-18-10-8-7-9-11-18)29(5,27(30)36)32(21)24(33)19-12-14-20(15-13-19)28(2,3)4/h7-15,21-23H,6,16-17H2,1-5H3/t21?,22?,23?,29-/m1/s1. The van der Waals surface area contributed by atoms with Crippen molar-refractivity contribution in [3.8, 4) is 0 Å². The van der Waals surface area contributed by atoms with Crippen molar-refractivity contribution in [2.24, 2.45) is 11.8 Å². The maximum Gasteiger partial charge on any atom is 0.255 e. The van der Waals surface area contributed by atoms with Crippen LogP contribution in [-0.4, -0.2) is 63.0 Å². The van der Waals surface area contributed by atoms with Crippen molar-refractivity contribution in [3.63, 3.8) is 0 Å². The molecule has 0 aromatic heterocycles. The van der Waals surface area contributed by atoms with Gasteiger partial charge in [-0.25, -0.2) is 0 Å². The van der Waals surface area contributed by atoms with Crippen LogP contribution in [0.2, 0.25) is 0 Å². The van der Waals surface area contributed by atoms with Crippen LogP contribution in [0.15, 0.2) is 54.6 Å². The van der Waals surface area contributed by atoms with Crippen molar-refractivity contribution >= 4 is 23.6 Å². The number of amides is 4. The zero-order chi connectivity index (χ0) is 26.0. The minimum Gasteiger partial charge on any atom is -0.339 e. The molecule has 7 nitrogen and oxygen atoms in total. The number of imide groups is 1. The number of piperazine rings is 1. The highest BCUT2D eigenvalue weighted by Crippen LogP contribution is 2.52. The first kappa shape index (κ1) is 24.2. The van der Waals surface area contributed by atoms with Crippen LogP contribution in [0.5, 0.6) is 0 Å². The van der Waals surface area contributed by atoms with Crippen molar-refractivity contribution in [2.75, 3.05) is 13.1 Å². The van der Waals surface area contributed by atoms with E-state index in [4.69, 9.17) is 0 Å². The van der Waals surface area contributed by atoms with E-state index in [-0.39, 0.29) is 42.1 Å². The van der Waals surface area contributed by atoms with Crippen molar-refractivity contribution in [1.82, 2.24) is 14.7 Å². The van der Waals surface area contributed by atoms with Crippen molar-refractivity contribution in [3.05, 3.63) is 71.3 Å². The molecule has 3 heterocycles. The van der Waals surface area contributed by atoms with Crippen LogP contribution in [0.4, 0.5) is 0 Å². The summed E-state index contributed by atoms with van der Waals surface area (Å²) in [5.41, 5.74) is 0.925. The average molecular weight is 488 g/mol. The monoisotopic (exact) mass is 487 g/mol. The molecule has 3 aliphatic rings. The van der Waals surface area contributed by atoms with Gasteiger partial charge in [0.1, 0.15) is 5.54 Å². The molecular weight excluding hydrogens is 454 g/mol. The molecule has 7 heteroatoms. The van der Waals surface area contributed by atoms with Crippen LogP contribution in [-0.2, 0) is 26.3 Å². The topological polar surface area (TPSA) is 78.0 Å². The highest BCUT2D eigenvalue weighted by atomic mass is 16.2. The Hall–Kier alpha value is -3.48. The van der Waals surface area contributed by atoms with Gasteiger partial charge in [0.25, 0.3) is 5.91 Å². The lowest BCUT2D eigenvalue weighted by Crippen LogP contribution is -2.68. The predicted octanol–water partition coefficient (Wildman–Crippen LogP) is 3.23. The van der Waals surface area contributed by atoms with Crippen LogP contribution in [0.25, 0.3) is 0 Å². The van der Waals surface area contributed by atoms with E-state index in [2.05, 4.69) is 20.8 Å². The Morgan fingerprint density at radius 1 is 0.972 bits per heavy atom. The maximum absolute atomic E-state index is 13.9. The summed E-state index contributed by atoms with van der Waals surface area (Å²) in [6.07, 6.45) is 0. The quantitative estimate of drug-likeness (QED) is 0.621. The Kier molecular flexibility index (Phi) is 5.58. The summed E-state index contributed by atoms with van der Waals surface area (Å²) in [5.74, 6) is -2.86. The predicted molar refractivity (Wildman–Crippen MR) is 135 cm³/mol. The number of hydrogen-bond acceptors (Lipinski definition) is 4. The van der Waals surface area contributed by atoms with Crippen LogP contribution < -0.4 is 0 Å². The molecule has 2 aromatic carbocycles. The Bertz CT molecular complexity index is 1230. The normalized spacial score (nSPS) is 27.6. The van der Waals surface area contributed by atoms with Gasteiger partial charge < -0.3 is 9.80 Å². The van der Waals surface area contributed by atoms with Gasteiger partial charge in [-0.15, -0.1) is 0 Å². The summed E-state index contributed by atoms with van der Waals surface area (Å²) in [4.78, 5) is 59.6.